The van der Waals surface area contributed by atoms with Crippen molar-refractivity contribution in [3.63, 3.8) is 0 Å². The summed E-state index contributed by atoms with van der Waals surface area (Å²) < 4.78 is 0. The highest BCUT2D eigenvalue weighted by molar-refractivity contribution is 6.39. The van der Waals surface area contributed by atoms with E-state index in [2.05, 4.69) is 0 Å². The second-order valence-electron chi connectivity index (χ2n) is 7.10. The van der Waals surface area contributed by atoms with Crippen LogP contribution in [0.15, 0.2) is 0 Å². The van der Waals surface area contributed by atoms with Gasteiger partial charge in [-0.1, -0.05) is 13.3 Å². The Bertz CT molecular complexity index is 229. The van der Waals surface area contributed by atoms with E-state index in [-0.39, 0.29) is 0 Å². The van der Waals surface area contributed by atoms with Gasteiger partial charge in [-0.15, -0.1) is 5.21 Å². The lowest BCUT2D eigenvalue weighted by molar-refractivity contribution is -0.0590. The summed E-state index contributed by atoms with van der Waals surface area (Å²) in [6.45, 7) is 1.99. The van der Waals surface area contributed by atoms with Crippen LogP contribution in [0, 0.1) is 23.2 Å². The Hall–Kier alpha value is 0.130. The van der Waals surface area contributed by atoms with Gasteiger partial charge in [0.25, 0.3) is 0 Å². The van der Waals surface area contributed by atoms with Crippen molar-refractivity contribution >= 4 is 15.7 Å². The molecule has 0 nitrogen and oxygen atoms in total. The number of hydrogen-bond donors (Lipinski definition) is 0. The van der Waals surface area contributed by atoms with Gasteiger partial charge in [0.1, 0.15) is 0 Å². The minimum atomic E-state index is -0.453. The molecular weight excluding hydrogens is 178 g/mol. The van der Waals surface area contributed by atoms with Crippen molar-refractivity contribution in [2.75, 3.05) is 0 Å². The first kappa shape index (κ1) is 10.3. The van der Waals surface area contributed by atoms with Crippen LogP contribution in [0.1, 0.15) is 51.9 Å². The molecule has 4 aliphatic rings. The van der Waals surface area contributed by atoms with Crippen molar-refractivity contribution in [1.29, 1.82) is 0 Å². The molecule has 78 valence electrons. The average molecular weight is 198 g/mol. The molecule has 0 heterocycles. The van der Waals surface area contributed by atoms with Crippen LogP contribution in [0.3, 0.4) is 0 Å². The summed E-state index contributed by atoms with van der Waals surface area (Å²) in [5.41, 5.74) is 0.535. The summed E-state index contributed by atoms with van der Waals surface area (Å²) in [6.07, 6.45) is 9.82. The van der Waals surface area contributed by atoms with Crippen molar-refractivity contribution < 1.29 is 0 Å². The standard InChI is InChI=1S/C13H20B2/c1-12(14,15)8-13-5-9-2-10(6-13)4-11(3-9)7-13/h9-11H,2-8H2,1H3. The maximum Gasteiger partial charge on any atom is 0.0617 e. The van der Waals surface area contributed by atoms with Gasteiger partial charge in [-0.05, 0) is 61.7 Å². The minimum Gasteiger partial charge on any atom is -0.101 e. The summed E-state index contributed by atoms with van der Waals surface area (Å²) in [4.78, 5) is 0. The van der Waals surface area contributed by atoms with Gasteiger partial charge in [-0.3, -0.25) is 0 Å². The van der Waals surface area contributed by atoms with E-state index in [1.165, 1.54) is 38.5 Å². The van der Waals surface area contributed by atoms with Crippen LogP contribution in [0.5, 0.6) is 0 Å². The largest absolute Gasteiger partial charge is 0.101 e. The molecule has 0 amide bonds. The van der Waals surface area contributed by atoms with E-state index in [4.69, 9.17) is 15.7 Å². The second kappa shape index (κ2) is 3.08. The summed E-state index contributed by atoms with van der Waals surface area (Å²) >= 11 is 0. The fraction of sp³-hybridized carbons (Fsp3) is 1.00. The predicted molar refractivity (Wildman–Crippen MR) is 65.1 cm³/mol. The normalized spacial score (nSPS) is 48.5. The molecule has 4 fully saturated rings. The van der Waals surface area contributed by atoms with E-state index in [1.807, 2.05) is 6.92 Å². The van der Waals surface area contributed by atoms with Gasteiger partial charge < -0.3 is 0 Å². The second-order valence-corrected chi connectivity index (χ2v) is 7.10. The maximum absolute atomic E-state index is 6.03. The van der Waals surface area contributed by atoms with Gasteiger partial charge in [0, 0.05) is 0 Å². The molecule has 0 aromatic heterocycles. The highest BCUT2D eigenvalue weighted by Crippen LogP contribution is 2.63. The Morgan fingerprint density at radius 3 is 1.73 bits per heavy atom. The van der Waals surface area contributed by atoms with E-state index < -0.39 is 5.21 Å². The number of hydrogen-bond acceptors (Lipinski definition) is 0. The minimum absolute atomic E-state index is 0.453. The van der Waals surface area contributed by atoms with Gasteiger partial charge in [0.05, 0.1) is 15.7 Å². The first-order chi connectivity index (χ1) is 6.94. The lowest BCUT2D eigenvalue weighted by Gasteiger charge is -2.58. The molecule has 0 aromatic carbocycles. The summed E-state index contributed by atoms with van der Waals surface area (Å²) in [5, 5.41) is -0.453. The van der Waals surface area contributed by atoms with Crippen LogP contribution in [0.2, 0.25) is 5.21 Å². The van der Waals surface area contributed by atoms with Crippen LogP contribution < -0.4 is 0 Å². The SMILES string of the molecule is [B]C([B])(C)CC12CC3CC(CC(C3)C1)C2. The van der Waals surface area contributed by atoms with Gasteiger partial charge in [0.15, 0.2) is 0 Å². The fourth-order valence-electron chi connectivity index (χ4n) is 5.31. The first-order valence-electron chi connectivity index (χ1n) is 6.52. The average Bonchev–Trinajstić information content (AvgIpc) is 1.94. The molecule has 0 spiro atoms. The Morgan fingerprint density at radius 2 is 1.40 bits per heavy atom. The molecule has 2 heteroatoms. The quantitative estimate of drug-likeness (QED) is 0.598. The Morgan fingerprint density at radius 1 is 1.00 bits per heavy atom. The molecular formula is C13H20B2. The molecule has 0 atom stereocenters. The van der Waals surface area contributed by atoms with Crippen molar-refractivity contribution in [2.45, 2.75) is 57.1 Å². The van der Waals surface area contributed by atoms with Crippen LogP contribution in [-0.2, 0) is 0 Å². The Balaban J connectivity index is 1.81. The Kier molecular flexibility index (Phi) is 2.11. The van der Waals surface area contributed by atoms with E-state index in [9.17, 15) is 0 Å². The third-order valence-corrected chi connectivity index (χ3v) is 4.92. The zero-order chi connectivity index (χ0) is 10.7. The van der Waals surface area contributed by atoms with E-state index in [1.54, 1.807) is 0 Å². The molecule has 4 aliphatic carbocycles. The molecule has 0 N–H and O–H groups in total. The summed E-state index contributed by atoms with van der Waals surface area (Å²) in [6, 6.07) is 0. The fourth-order valence-corrected chi connectivity index (χ4v) is 5.31. The molecule has 4 bridgehead atoms. The molecule has 15 heavy (non-hydrogen) atoms. The van der Waals surface area contributed by atoms with Gasteiger partial charge in [-0.2, -0.15) is 0 Å². The molecule has 4 radical (unpaired) electrons. The van der Waals surface area contributed by atoms with E-state index in [0.29, 0.717) is 5.41 Å². The van der Waals surface area contributed by atoms with Gasteiger partial charge in [0.2, 0.25) is 0 Å². The molecule has 0 aliphatic heterocycles. The van der Waals surface area contributed by atoms with Crippen LogP contribution in [-0.4, -0.2) is 15.7 Å². The molecule has 4 rings (SSSR count). The van der Waals surface area contributed by atoms with Crippen molar-refractivity contribution in [3.8, 4) is 0 Å². The summed E-state index contributed by atoms with van der Waals surface area (Å²) in [7, 11) is 12.1. The highest BCUT2D eigenvalue weighted by Gasteiger charge is 2.51. The third kappa shape index (κ3) is 1.89. The van der Waals surface area contributed by atoms with Crippen LogP contribution >= 0.6 is 0 Å². The summed E-state index contributed by atoms with van der Waals surface area (Å²) in [5.74, 6) is 3.04. The lowest BCUT2D eigenvalue weighted by atomic mass is 9.42. The predicted octanol–water partition coefficient (Wildman–Crippen LogP) is 3.07. The van der Waals surface area contributed by atoms with Gasteiger partial charge >= 0.3 is 0 Å². The first-order valence-corrected chi connectivity index (χ1v) is 6.52. The Labute approximate surface area is 96.4 Å². The van der Waals surface area contributed by atoms with Gasteiger partial charge in [-0.25, -0.2) is 0 Å². The zero-order valence-corrected chi connectivity index (χ0v) is 9.84. The molecule has 4 saturated carbocycles. The third-order valence-electron chi connectivity index (χ3n) is 4.92. The number of rotatable bonds is 2. The molecule has 0 unspecified atom stereocenters. The van der Waals surface area contributed by atoms with E-state index in [0.717, 1.165) is 24.2 Å². The van der Waals surface area contributed by atoms with E-state index >= 15 is 0 Å². The van der Waals surface area contributed by atoms with Crippen LogP contribution in [0.4, 0.5) is 0 Å². The van der Waals surface area contributed by atoms with Crippen LogP contribution in [0.25, 0.3) is 0 Å². The highest BCUT2D eigenvalue weighted by atomic mass is 14.6. The smallest absolute Gasteiger partial charge is 0.0617 e. The zero-order valence-electron chi connectivity index (χ0n) is 9.84. The topological polar surface area (TPSA) is 0 Å². The molecule has 0 saturated heterocycles. The van der Waals surface area contributed by atoms with Crippen molar-refractivity contribution in [3.05, 3.63) is 0 Å². The monoisotopic (exact) mass is 198 g/mol. The lowest BCUT2D eigenvalue weighted by Crippen LogP contribution is -2.47. The van der Waals surface area contributed by atoms with Crippen molar-refractivity contribution in [1.82, 2.24) is 0 Å². The van der Waals surface area contributed by atoms with Crippen molar-refractivity contribution in [2.24, 2.45) is 23.2 Å². The maximum atomic E-state index is 6.03. The molecule has 0 aromatic rings.